The molecule has 2 N–H and O–H groups in total. The van der Waals surface area contributed by atoms with E-state index in [1.807, 2.05) is 30.3 Å². The number of ether oxygens (including phenoxy) is 2. The number of nitrogens with one attached hydrogen (secondary N) is 1. The first-order chi connectivity index (χ1) is 14.3. The van der Waals surface area contributed by atoms with E-state index in [4.69, 9.17) is 9.47 Å². The van der Waals surface area contributed by atoms with E-state index >= 15 is 0 Å². The molecule has 0 bridgehead atoms. The molecule has 2 aromatic carbocycles. The average molecular weight is 411 g/mol. The first kappa shape index (κ1) is 21.4. The summed E-state index contributed by atoms with van der Waals surface area (Å²) in [5.74, 6) is -2.39. The van der Waals surface area contributed by atoms with Crippen molar-refractivity contribution in [1.29, 1.82) is 0 Å². The van der Waals surface area contributed by atoms with Crippen molar-refractivity contribution in [3.63, 3.8) is 0 Å². The maximum atomic E-state index is 12.3. The molecule has 3 atom stereocenters. The number of carboxylic acid groups (broad SMARTS) is 1. The zero-order chi connectivity index (χ0) is 21.8. The molecule has 0 radical (unpaired) electrons. The highest BCUT2D eigenvalue weighted by Crippen LogP contribution is 2.38. The lowest BCUT2D eigenvalue weighted by atomic mass is 9.96. The van der Waals surface area contributed by atoms with E-state index in [2.05, 4.69) is 17.4 Å². The highest BCUT2D eigenvalue weighted by atomic mass is 16.6. The van der Waals surface area contributed by atoms with Crippen LogP contribution in [0.3, 0.4) is 0 Å². The molecule has 30 heavy (non-hydrogen) atoms. The molecule has 7 nitrogen and oxygen atoms in total. The van der Waals surface area contributed by atoms with Crippen molar-refractivity contribution in [3.8, 4) is 11.1 Å². The van der Waals surface area contributed by atoms with E-state index in [0.717, 1.165) is 23.1 Å². The van der Waals surface area contributed by atoms with E-state index in [1.54, 1.807) is 13.8 Å². The molecule has 0 saturated heterocycles. The standard InChI is InChI=1S/C23H25NO6/c1-13(14(2)30-15(3)25)21(22(26)27)24-23(28)29-12-17-8-6-10-19-18-9-5-4-7-16(18)11-20(17)19/h4-10,13-14,21H,11-12H2,1-3H3,(H,24,28)(H,26,27)/t13-,14-,21-/m0/s1. The van der Waals surface area contributed by atoms with E-state index in [9.17, 15) is 19.5 Å². The maximum absolute atomic E-state index is 12.3. The second-order valence-corrected chi connectivity index (χ2v) is 7.49. The molecule has 1 amide bonds. The number of rotatable bonds is 7. The van der Waals surface area contributed by atoms with Gasteiger partial charge in [0.25, 0.3) is 0 Å². The van der Waals surface area contributed by atoms with Gasteiger partial charge in [-0.05, 0) is 41.2 Å². The van der Waals surface area contributed by atoms with Gasteiger partial charge in [0, 0.05) is 12.8 Å². The number of hydrogen-bond donors (Lipinski definition) is 2. The summed E-state index contributed by atoms with van der Waals surface area (Å²) in [6.07, 6.45) is -0.751. The molecule has 0 aromatic heterocycles. The Morgan fingerprint density at radius 2 is 1.77 bits per heavy atom. The number of esters is 1. The normalized spacial score (nSPS) is 14.6. The summed E-state index contributed by atoms with van der Waals surface area (Å²) in [6, 6.07) is 12.8. The number of aliphatic carboxylic acids is 1. The maximum Gasteiger partial charge on any atom is 0.408 e. The quantitative estimate of drug-likeness (QED) is 0.577. The summed E-state index contributed by atoms with van der Waals surface area (Å²) in [5, 5.41) is 11.9. The Morgan fingerprint density at radius 1 is 1.07 bits per heavy atom. The van der Waals surface area contributed by atoms with E-state index in [-0.39, 0.29) is 6.61 Å². The highest BCUT2D eigenvalue weighted by molar-refractivity contribution is 5.81. The van der Waals surface area contributed by atoms with Crippen molar-refractivity contribution in [2.75, 3.05) is 0 Å². The molecule has 0 aliphatic heterocycles. The van der Waals surface area contributed by atoms with Crippen LogP contribution in [0.2, 0.25) is 0 Å². The minimum atomic E-state index is -1.25. The Bertz CT molecular complexity index is 970. The fourth-order valence-electron chi connectivity index (χ4n) is 3.73. The summed E-state index contributed by atoms with van der Waals surface area (Å²) in [7, 11) is 0. The lowest BCUT2D eigenvalue weighted by Crippen LogP contribution is -2.48. The van der Waals surface area contributed by atoms with Crippen LogP contribution in [-0.4, -0.2) is 35.3 Å². The summed E-state index contributed by atoms with van der Waals surface area (Å²) in [4.78, 5) is 35.0. The number of hydrogen-bond acceptors (Lipinski definition) is 5. The number of carboxylic acids is 1. The lowest BCUT2D eigenvalue weighted by molar-refractivity contribution is -0.152. The van der Waals surface area contributed by atoms with Gasteiger partial charge in [0.1, 0.15) is 18.8 Å². The summed E-state index contributed by atoms with van der Waals surface area (Å²) >= 11 is 0. The SMILES string of the molecule is CC(=O)O[C@@H](C)[C@H](C)[C@H](NC(=O)OCc1cccc2c1Cc1ccccc1-2)C(=O)O. The Morgan fingerprint density at radius 3 is 2.47 bits per heavy atom. The van der Waals surface area contributed by atoms with Gasteiger partial charge in [-0.15, -0.1) is 0 Å². The topological polar surface area (TPSA) is 102 Å². The number of alkyl carbamates (subject to hydrolysis) is 1. The largest absolute Gasteiger partial charge is 0.480 e. The van der Waals surface area contributed by atoms with E-state index in [1.165, 1.54) is 18.1 Å². The smallest absolute Gasteiger partial charge is 0.408 e. The van der Waals surface area contributed by atoms with Crippen LogP contribution in [0.5, 0.6) is 0 Å². The van der Waals surface area contributed by atoms with Crippen LogP contribution in [0.4, 0.5) is 4.79 Å². The molecule has 0 fully saturated rings. The molecule has 1 aliphatic rings. The summed E-state index contributed by atoms with van der Waals surface area (Å²) in [6.45, 7) is 4.45. The third kappa shape index (κ3) is 4.62. The predicted octanol–water partition coefficient (Wildman–Crippen LogP) is 3.52. The van der Waals surface area contributed by atoms with Crippen molar-refractivity contribution < 1.29 is 29.0 Å². The molecule has 0 spiro atoms. The molecule has 0 heterocycles. The van der Waals surface area contributed by atoms with E-state index in [0.29, 0.717) is 0 Å². The third-order valence-electron chi connectivity index (χ3n) is 5.46. The van der Waals surface area contributed by atoms with Gasteiger partial charge in [-0.2, -0.15) is 0 Å². The van der Waals surface area contributed by atoms with Gasteiger partial charge >= 0.3 is 18.0 Å². The van der Waals surface area contributed by atoms with Gasteiger partial charge in [0.2, 0.25) is 0 Å². The predicted molar refractivity (Wildman–Crippen MR) is 110 cm³/mol. The van der Waals surface area contributed by atoms with Crippen molar-refractivity contribution in [2.45, 2.75) is 45.9 Å². The molecule has 0 saturated carbocycles. The fourth-order valence-corrected chi connectivity index (χ4v) is 3.73. The van der Waals surface area contributed by atoms with Crippen molar-refractivity contribution in [3.05, 3.63) is 59.2 Å². The van der Waals surface area contributed by atoms with Crippen LogP contribution in [0.25, 0.3) is 11.1 Å². The number of benzene rings is 2. The second kappa shape index (κ2) is 8.98. The zero-order valence-corrected chi connectivity index (χ0v) is 17.2. The Kier molecular flexibility index (Phi) is 6.40. The second-order valence-electron chi connectivity index (χ2n) is 7.49. The first-order valence-corrected chi connectivity index (χ1v) is 9.80. The van der Waals surface area contributed by atoms with Crippen LogP contribution in [0.15, 0.2) is 42.5 Å². The fraction of sp³-hybridized carbons (Fsp3) is 0.348. The number of fused-ring (bicyclic) bond motifs is 3. The number of carbonyl (C=O) groups excluding carboxylic acids is 2. The molecule has 0 unspecified atom stereocenters. The van der Waals surface area contributed by atoms with Gasteiger partial charge in [0.05, 0.1) is 0 Å². The summed E-state index contributed by atoms with van der Waals surface area (Å²) < 4.78 is 10.4. The molecule has 7 heteroatoms. The van der Waals surface area contributed by atoms with E-state index < -0.39 is 36.1 Å². The summed E-state index contributed by atoms with van der Waals surface area (Å²) in [5.41, 5.74) is 5.52. The highest BCUT2D eigenvalue weighted by Gasteiger charge is 2.32. The molecule has 3 rings (SSSR count). The van der Waals surface area contributed by atoms with Gasteiger partial charge in [-0.1, -0.05) is 49.4 Å². The lowest BCUT2D eigenvalue weighted by Gasteiger charge is -2.26. The van der Waals surface area contributed by atoms with Crippen LogP contribution in [0.1, 0.15) is 37.5 Å². The van der Waals surface area contributed by atoms with Crippen LogP contribution in [0, 0.1) is 5.92 Å². The average Bonchev–Trinajstić information content (AvgIpc) is 3.08. The van der Waals surface area contributed by atoms with Crippen LogP contribution >= 0.6 is 0 Å². The minimum absolute atomic E-state index is 0.0310. The van der Waals surface area contributed by atoms with Gasteiger partial charge < -0.3 is 19.9 Å². The molecule has 2 aromatic rings. The van der Waals surface area contributed by atoms with Crippen molar-refractivity contribution in [1.82, 2.24) is 5.32 Å². The first-order valence-electron chi connectivity index (χ1n) is 9.80. The van der Waals surface area contributed by atoms with Crippen molar-refractivity contribution >= 4 is 18.0 Å². The monoisotopic (exact) mass is 411 g/mol. The third-order valence-corrected chi connectivity index (χ3v) is 5.46. The zero-order valence-electron chi connectivity index (χ0n) is 17.2. The van der Waals surface area contributed by atoms with Gasteiger partial charge in [-0.3, -0.25) is 4.79 Å². The Labute approximate surface area is 175 Å². The molecule has 158 valence electrons. The number of carbonyl (C=O) groups is 3. The Hall–Kier alpha value is -3.35. The minimum Gasteiger partial charge on any atom is -0.480 e. The molecular formula is C23H25NO6. The van der Waals surface area contributed by atoms with Crippen molar-refractivity contribution in [2.24, 2.45) is 5.92 Å². The molecule has 1 aliphatic carbocycles. The molecular weight excluding hydrogens is 386 g/mol. The van der Waals surface area contributed by atoms with Gasteiger partial charge in [0.15, 0.2) is 0 Å². The van der Waals surface area contributed by atoms with Gasteiger partial charge in [-0.25, -0.2) is 9.59 Å². The van der Waals surface area contributed by atoms with Crippen LogP contribution in [-0.2, 0) is 32.1 Å². The Balaban J connectivity index is 1.65. The van der Waals surface area contributed by atoms with Crippen LogP contribution < -0.4 is 5.32 Å². The number of amides is 1.